The van der Waals surface area contributed by atoms with Crippen LogP contribution in [0.25, 0.3) is 0 Å². The van der Waals surface area contributed by atoms with Crippen LogP contribution in [0.5, 0.6) is 0 Å². The van der Waals surface area contributed by atoms with Gasteiger partial charge < -0.3 is 10.4 Å². The van der Waals surface area contributed by atoms with E-state index in [0.29, 0.717) is 12.6 Å². The molecule has 20 heavy (non-hydrogen) atoms. The molecule has 1 aliphatic rings. The molecule has 1 saturated carbocycles. The highest BCUT2D eigenvalue weighted by Gasteiger charge is 2.26. The Morgan fingerprint density at radius 3 is 2.95 bits per heavy atom. The Labute approximate surface area is 123 Å². The number of benzene rings is 1. The number of anilines is 1. The van der Waals surface area contributed by atoms with Gasteiger partial charge in [-0.1, -0.05) is 21.1 Å². The van der Waals surface area contributed by atoms with E-state index in [1.54, 1.807) is 18.3 Å². The zero-order valence-corrected chi connectivity index (χ0v) is 12.2. The van der Waals surface area contributed by atoms with E-state index in [0.717, 1.165) is 28.7 Å². The molecule has 0 unspecified atom stereocenters. The second kappa shape index (κ2) is 5.24. The van der Waals surface area contributed by atoms with Crippen molar-refractivity contribution in [3.05, 3.63) is 40.1 Å². The molecule has 2 aromatic rings. The highest BCUT2D eigenvalue weighted by atomic mass is 79.9. The van der Waals surface area contributed by atoms with Crippen LogP contribution in [-0.4, -0.2) is 26.1 Å². The van der Waals surface area contributed by atoms with Gasteiger partial charge in [-0.15, -0.1) is 5.10 Å². The SMILES string of the molecule is O=C(O)c1cc(Br)cc(NCc2cnnn2C2CC2)c1. The van der Waals surface area contributed by atoms with E-state index in [2.05, 4.69) is 31.6 Å². The molecule has 1 fully saturated rings. The number of nitrogens with zero attached hydrogens (tertiary/aromatic N) is 3. The first-order chi connectivity index (χ1) is 9.63. The molecule has 6 nitrogen and oxygen atoms in total. The van der Waals surface area contributed by atoms with Crippen LogP contribution in [0.1, 0.15) is 34.9 Å². The summed E-state index contributed by atoms with van der Waals surface area (Å²) in [6, 6.07) is 5.51. The van der Waals surface area contributed by atoms with Crippen molar-refractivity contribution >= 4 is 27.6 Å². The molecule has 7 heteroatoms. The zero-order chi connectivity index (χ0) is 14.1. The third-order valence-corrected chi connectivity index (χ3v) is 3.62. The lowest BCUT2D eigenvalue weighted by molar-refractivity contribution is 0.0697. The Morgan fingerprint density at radius 2 is 2.25 bits per heavy atom. The van der Waals surface area contributed by atoms with Gasteiger partial charge in [-0.25, -0.2) is 9.48 Å². The molecule has 0 amide bonds. The van der Waals surface area contributed by atoms with E-state index in [1.807, 2.05) is 10.7 Å². The first-order valence-electron chi connectivity index (χ1n) is 6.30. The van der Waals surface area contributed by atoms with Crippen LogP contribution in [-0.2, 0) is 6.54 Å². The van der Waals surface area contributed by atoms with Gasteiger partial charge in [-0.2, -0.15) is 0 Å². The van der Waals surface area contributed by atoms with Crippen LogP contribution < -0.4 is 5.32 Å². The number of hydrogen-bond acceptors (Lipinski definition) is 4. The fraction of sp³-hybridized carbons (Fsp3) is 0.308. The largest absolute Gasteiger partial charge is 0.478 e. The third kappa shape index (κ3) is 2.82. The molecular formula is C13H13BrN4O2. The summed E-state index contributed by atoms with van der Waals surface area (Å²) in [6.07, 6.45) is 4.04. The smallest absolute Gasteiger partial charge is 0.335 e. The van der Waals surface area contributed by atoms with Crippen molar-refractivity contribution in [3.63, 3.8) is 0 Å². The van der Waals surface area contributed by atoms with Crippen molar-refractivity contribution in [1.29, 1.82) is 0 Å². The van der Waals surface area contributed by atoms with Gasteiger partial charge in [-0.3, -0.25) is 0 Å². The Morgan fingerprint density at radius 1 is 1.45 bits per heavy atom. The maximum atomic E-state index is 11.0. The van der Waals surface area contributed by atoms with Crippen LogP contribution in [0.4, 0.5) is 5.69 Å². The number of aromatic carboxylic acids is 1. The summed E-state index contributed by atoms with van der Waals surface area (Å²) in [7, 11) is 0. The van der Waals surface area contributed by atoms with Crippen LogP contribution in [0.2, 0.25) is 0 Å². The minimum atomic E-state index is -0.945. The molecule has 104 valence electrons. The van der Waals surface area contributed by atoms with Crippen molar-refractivity contribution in [2.75, 3.05) is 5.32 Å². The predicted molar refractivity (Wildman–Crippen MR) is 76.7 cm³/mol. The van der Waals surface area contributed by atoms with E-state index in [9.17, 15) is 4.79 Å². The first kappa shape index (κ1) is 13.1. The van der Waals surface area contributed by atoms with Crippen LogP contribution in [0.3, 0.4) is 0 Å². The molecule has 0 aliphatic heterocycles. The Hall–Kier alpha value is -1.89. The van der Waals surface area contributed by atoms with Crippen molar-refractivity contribution in [2.24, 2.45) is 0 Å². The summed E-state index contributed by atoms with van der Waals surface area (Å²) in [6.45, 7) is 0.568. The lowest BCUT2D eigenvalue weighted by Gasteiger charge is -2.09. The lowest BCUT2D eigenvalue weighted by atomic mass is 10.2. The fourth-order valence-electron chi connectivity index (χ4n) is 2.03. The standard InChI is InChI=1S/C13H13BrN4O2/c14-9-3-8(13(19)20)4-10(5-9)15-6-12-7-16-17-18(12)11-1-2-11/h3-5,7,11,15H,1-2,6H2,(H,19,20). The van der Waals surface area contributed by atoms with Gasteiger partial charge in [0, 0.05) is 10.2 Å². The maximum Gasteiger partial charge on any atom is 0.335 e. The van der Waals surface area contributed by atoms with Crippen LogP contribution in [0, 0.1) is 0 Å². The fourth-order valence-corrected chi connectivity index (χ4v) is 2.52. The topological polar surface area (TPSA) is 80.0 Å². The highest BCUT2D eigenvalue weighted by Crippen LogP contribution is 2.34. The van der Waals surface area contributed by atoms with Crippen molar-refractivity contribution in [1.82, 2.24) is 15.0 Å². The average Bonchev–Trinajstić information content (AvgIpc) is 3.15. The van der Waals surface area contributed by atoms with Gasteiger partial charge in [0.05, 0.1) is 30.0 Å². The monoisotopic (exact) mass is 336 g/mol. The van der Waals surface area contributed by atoms with E-state index in [-0.39, 0.29) is 5.56 Å². The van der Waals surface area contributed by atoms with Gasteiger partial charge in [0.1, 0.15) is 0 Å². The maximum absolute atomic E-state index is 11.0. The van der Waals surface area contributed by atoms with E-state index >= 15 is 0 Å². The molecule has 2 N–H and O–H groups in total. The number of halogens is 1. The molecule has 0 spiro atoms. The van der Waals surface area contributed by atoms with E-state index in [1.165, 1.54) is 0 Å². The Balaban J connectivity index is 1.74. The number of nitrogens with one attached hydrogen (secondary N) is 1. The second-order valence-corrected chi connectivity index (χ2v) is 5.70. The van der Waals surface area contributed by atoms with Gasteiger partial charge in [0.15, 0.2) is 0 Å². The van der Waals surface area contributed by atoms with Gasteiger partial charge in [0.25, 0.3) is 0 Å². The summed E-state index contributed by atoms with van der Waals surface area (Å²) < 4.78 is 2.66. The van der Waals surface area contributed by atoms with Crippen molar-refractivity contribution in [2.45, 2.75) is 25.4 Å². The number of carbonyl (C=O) groups is 1. The first-order valence-corrected chi connectivity index (χ1v) is 7.09. The number of hydrogen-bond donors (Lipinski definition) is 2. The predicted octanol–water partition coefficient (Wildman–Crippen LogP) is 2.69. The Kier molecular flexibility index (Phi) is 3.43. The summed E-state index contributed by atoms with van der Waals surface area (Å²) in [5, 5.41) is 20.3. The van der Waals surface area contributed by atoms with Crippen molar-refractivity contribution < 1.29 is 9.90 Å². The van der Waals surface area contributed by atoms with Crippen LogP contribution >= 0.6 is 15.9 Å². The molecular weight excluding hydrogens is 324 g/mol. The number of carboxylic acids is 1. The molecule has 0 bridgehead atoms. The minimum absolute atomic E-state index is 0.246. The molecule has 3 rings (SSSR count). The highest BCUT2D eigenvalue weighted by molar-refractivity contribution is 9.10. The van der Waals surface area contributed by atoms with Gasteiger partial charge >= 0.3 is 5.97 Å². The third-order valence-electron chi connectivity index (χ3n) is 3.16. The molecule has 0 saturated heterocycles. The molecule has 1 aliphatic carbocycles. The number of aromatic nitrogens is 3. The summed E-state index contributed by atoms with van der Waals surface area (Å²) in [5.41, 5.74) is 2.00. The Bertz CT molecular complexity index is 652. The molecule has 1 aromatic heterocycles. The number of rotatable bonds is 5. The minimum Gasteiger partial charge on any atom is -0.478 e. The van der Waals surface area contributed by atoms with Crippen molar-refractivity contribution in [3.8, 4) is 0 Å². The summed E-state index contributed by atoms with van der Waals surface area (Å²) >= 11 is 3.31. The lowest BCUT2D eigenvalue weighted by Crippen LogP contribution is -2.08. The average molecular weight is 337 g/mol. The quantitative estimate of drug-likeness (QED) is 0.877. The molecule has 1 heterocycles. The van der Waals surface area contributed by atoms with E-state index in [4.69, 9.17) is 5.11 Å². The van der Waals surface area contributed by atoms with E-state index < -0.39 is 5.97 Å². The zero-order valence-electron chi connectivity index (χ0n) is 10.6. The summed E-state index contributed by atoms with van der Waals surface area (Å²) in [4.78, 5) is 11.0. The number of carboxylic acid groups (broad SMARTS) is 1. The van der Waals surface area contributed by atoms with Crippen LogP contribution in [0.15, 0.2) is 28.9 Å². The summed E-state index contributed by atoms with van der Waals surface area (Å²) in [5.74, 6) is -0.945. The molecule has 0 atom stereocenters. The van der Waals surface area contributed by atoms with Gasteiger partial charge in [0.2, 0.25) is 0 Å². The van der Waals surface area contributed by atoms with Gasteiger partial charge in [-0.05, 0) is 31.0 Å². The molecule has 1 aromatic carbocycles. The molecule has 0 radical (unpaired) electrons. The second-order valence-electron chi connectivity index (χ2n) is 4.79. The normalized spacial score (nSPS) is 14.2.